The van der Waals surface area contributed by atoms with Crippen LogP contribution in [0.5, 0.6) is 0 Å². The number of allylic oxidation sites excluding steroid dienone is 4. The first-order chi connectivity index (χ1) is 13.6. The van der Waals surface area contributed by atoms with Gasteiger partial charge in [-0.25, -0.2) is 0 Å². The molecule has 0 saturated heterocycles. The van der Waals surface area contributed by atoms with Crippen LogP contribution in [0.2, 0.25) is 0 Å². The van der Waals surface area contributed by atoms with E-state index in [2.05, 4.69) is 37.4 Å². The lowest BCUT2D eigenvalue weighted by atomic mass is 9.78. The lowest BCUT2D eigenvalue weighted by Gasteiger charge is -2.29. The third-order valence-electron chi connectivity index (χ3n) is 5.43. The molecule has 1 aromatic rings. The summed E-state index contributed by atoms with van der Waals surface area (Å²) in [5.41, 5.74) is 8.91. The molecule has 0 heterocycles. The summed E-state index contributed by atoms with van der Waals surface area (Å²) in [6.07, 6.45) is 13.4. The van der Waals surface area contributed by atoms with Crippen LogP contribution in [0, 0.1) is 17.2 Å². The second kappa shape index (κ2) is 11.3. The highest BCUT2D eigenvalue weighted by Gasteiger charge is 2.23. The van der Waals surface area contributed by atoms with Crippen LogP contribution in [0.15, 0.2) is 59.7 Å². The second-order valence-corrected chi connectivity index (χ2v) is 7.38. The van der Waals surface area contributed by atoms with Crippen LogP contribution in [0.4, 0.5) is 0 Å². The number of carbonyl (C=O) groups is 1. The van der Waals surface area contributed by atoms with Crippen LogP contribution < -0.4 is 11.1 Å². The Morgan fingerprint density at radius 3 is 2.46 bits per heavy atom. The summed E-state index contributed by atoms with van der Waals surface area (Å²) in [5.74, 6) is 0.853. The highest BCUT2D eigenvalue weighted by Crippen LogP contribution is 2.33. The molecule has 1 aliphatic rings. The van der Waals surface area contributed by atoms with Crippen LogP contribution >= 0.6 is 0 Å². The van der Waals surface area contributed by atoms with Crippen molar-refractivity contribution >= 4 is 17.8 Å². The van der Waals surface area contributed by atoms with Crippen LogP contribution in [0.1, 0.15) is 51.5 Å². The Hall–Kier alpha value is -2.62. The molecular formula is C24H33N3O. The summed E-state index contributed by atoms with van der Waals surface area (Å²) in [5, 5.41) is 10.6. The Kier molecular flexibility index (Phi) is 8.73. The van der Waals surface area contributed by atoms with Gasteiger partial charge in [-0.15, -0.1) is 0 Å². The number of nitrogens with one attached hydrogen (secondary N) is 2. The minimum Gasteiger partial charge on any atom is -0.398 e. The van der Waals surface area contributed by atoms with Crippen LogP contribution in [0.3, 0.4) is 0 Å². The third-order valence-corrected chi connectivity index (χ3v) is 5.43. The van der Waals surface area contributed by atoms with Crippen molar-refractivity contribution < 1.29 is 4.79 Å². The Morgan fingerprint density at radius 1 is 1.21 bits per heavy atom. The van der Waals surface area contributed by atoms with E-state index >= 15 is 0 Å². The summed E-state index contributed by atoms with van der Waals surface area (Å²) in [6.45, 7) is 4.89. The van der Waals surface area contributed by atoms with E-state index in [1.54, 1.807) is 0 Å². The zero-order valence-corrected chi connectivity index (χ0v) is 17.1. The fraction of sp³-hybridized carbons (Fsp3) is 0.417. The zero-order valence-electron chi connectivity index (χ0n) is 17.1. The minimum atomic E-state index is -0.265. The first-order valence-corrected chi connectivity index (χ1v) is 10.3. The van der Waals surface area contributed by atoms with Crippen LogP contribution in [-0.4, -0.2) is 18.7 Å². The number of hydrogen-bond acceptors (Lipinski definition) is 3. The van der Waals surface area contributed by atoms with Crippen molar-refractivity contribution in [3.8, 4) is 0 Å². The number of amides is 1. The summed E-state index contributed by atoms with van der Waals surface area (Å²) in [6, 6.07) is 9.33. The van der Waals surface area contributed by atoms with E-state index in [1.165, 1.54) is 5.57 Å². The molecule has 0 radical (unpaired) electrons. The van der Waals surface area contributed by atoms with Crippen LogP contribution in [-0.2, 0) is 4.79 Å². The molecule has 2 rings (SSSR count). The molecule has 1 aliphatic carbocycles. The molecule has 4 nitrogen and oxygen atoms in total. The van der Waals surface area contributed by atoms with Crippen molar-refractivity contribution in [3.05, 3.63) is 65.3 Å². The Labute approximate surface area is 169 Å². The van der Waals surface area contributed by atoms with Gasteiger partial charge in [-0.05, 0) is 62.0 Å². The highest BCUT2D eigenvalue weighted by atomic mass is 16.1. The van der Waals surface area contributed by atoms with Gasteiger partial charge in [0.1, 0.15) is 0 Å². The summed E-state index contributed by atoms with van der Waals surface area (Å²) >= 11 is 0. The van der Waals surface area contributed by atoms with E-state index in [9.17, 15) is 4.79 Å². The normalized spacial score (nSPS) is 21.3. The fourth-order valence-electron chi connectivity index (χ4n) is 3.87. The molecule has 150 valence electrons. The molecule has 1 saturated carbocycles. The standard InChI is InChI=1S/C24H33N3O/c1-3-8-19(9-4-2)20-14-12-18(13-15-20)17-27-24(28)22(16-25)23(26)21-10-6-5-7-11-21/h3,5-11,16,18,20,25H,4,12-15,17,26H2,1-2H3,(H,27,28)/b8-3-,19-9+,23-22+,25-16?. The smallest absolute Gasteiger partial charge is 0.254 e. The zero-order chi connectivity index (χ0) is 20.4. The van der Waals surface area contributed by atoms with E-state index in [4.69, 9.17) is 11.1 Å². The van der Waals surface area contributed by atoms with Crippen molar-refractivity contribution in [2.75, 3.05) is 6.54 Å². The molecule has 0 spiro atoms. The molecule has 4 N–H and O–H groups in total. The molecule has 0 aliphatic heterocycles. The first-order valence-electron chi connectivity index (χ1n) is 10.3. The SMILES string of the molecule is C/C=C\C(=C/CC)C1CCC(CNC(=O)/C(C=N)=C(/N)c2ccccc2)CC1. The Balaban J connectivity index is 1.91. The largest absolute Gasteiger partial charge is 0.398 e. The summed E-state index contributed by atoms with van der Waals surface area (Å²) < 4.78 is 0. The molecular weight excluding hydrogens is 346 g/mol. The predicted molar refractivity (Wildman–Crippen MR) is 118 cm³/mol. The Morgan fingerprint density at radius 2 is 1.89 bits per heavy atom. The van der Waals surface area contributed by atoms with Gasteiger partial charge in [0.05, 0.1) is 11.3 Å². The molecule has 0 bridgehead atoms. The van der Waals surface area contributed by atoms with E-state index in [-0.39, 0.29) is 11.5 Å². The highest BCUT2D eigenvalue weighted by molar-refractivity contribution is 6.17. The molecule has 0 atom stereocenters. The van der Waals surface area contributed by atoms with Crippen LogP contribution in [0.25, 0.3) is 5.70 Å². The van der Waals surface area contributed by atoms with Gasteiger partial charge >= 0.3 is 0 Å². The maximum atomic E-state index is 12.6. The van der Waals surface area contributed by atoms with E-state index < -0.39 is 0 Å². The van der Waals surface area contributed by atoms with Crippen molar-refractivity contribution in [3.63, 3.8) is 0 Å². The number of benzene rings is 1. The van der Waals surface area contributed by atoms with Crippen molar-refractivity contribution in [1.29, 1.82) is 5.41 Å². The van der Waals surface area contributed by atoms with E-state index in [0.717, 1.165) is 43.9 Å². The van der Waals surface area contributed by atoms with Gasteiger partial charge in [0.15, 0.2) is 0 Å². The van der Waals surface area contributed by atoms with E-state index in [1.807, 2.05) is 30.3 Å². The van der Waals surface area contributed by atoms with E-state index in [0.29, 0.717) is 24.1 Å². The number of hydrogen-bond donors (Lipinski definition) is 3. The minimum absolute atomic E-state index is 0.223. The van der Waals surface area contributed by atoms with Gasteiger partial charge in [0, 0.05) is 12.8 Å². The molecule has 1 fully saturated rings. The van der Waals surface area contributed by atoms with Gasteiger partial charge in [0.2, 0.25) is 0 Å². The molecule has 1 amide bonds. The lowest BCUT2D eigenvalue weighted by Crippen LogP contribution is -2.33. The predicted octanol–water partition coefficient (Wildman–Crippen LogP) is 4.84. The third kappa shape index (κ3) is 5.95. The quantitative estimate of drug-likeness (QED) is 0.343. The van der Waals surface area contributed by atoms with Crippen molar-refractivity contribution in [2.24, 2.45) is 17.6 Å². The number of carbonyl (C=O) groups excluding carboxylic acids is 1. The molecule has 4 heteroatoms. The molecule has 0 unspecified atom stereocenters. The van der Waals surface area contributed by atoms with Gasteiger partial charge in [-0.1, -0.05) is 55.5 Å². The summed E-state index contributed by atoms with van der Waals surface area (Å²) in [4.78, 5) is 12.6. The van der Waals surface area contributed by atoms with Gasteiger partial charge in [-0.2, -0.15) is 0 Å². The first kappa shape index (κ1) is 21.7. The number of nitrogens with two attached hydrogens (primary N) is 1. The van der Waals surface area contributed by atoms with Crippen molar-refractivity contribution in [2.45, 2.75) is 46.0 Å². The van der Waals surface area contributed by atoms with Gasteiger partial charge in [0.25, 0.3) is 5.91 Å². The fourth-order valence-corrected chi connectivity index (χ4v) is 3.87. The second-order valence-electron chi connectivity index (χ2n) is 7.38. The van der Waals surface area contributed by atoms with Gasteiger partial charge < -0.3 is 16.5 Å². The molecule has 28 heavy (non-hydrogen) atoms. The van der Waals surface area contributed by atoms with Gasteiger partial charge in [-0.3, -0.25) is 4.79 Å². The maximum Gasteiger partial charge on any atom is 0.254 e. The summed E-state index contributed by atoms with van der Waals surface area (Å²) in [7, 11) is 0. The van der Waals surface area contributed by atoms with Crippen molar-refractivity contribution in [1.82, 2.24) is 5.32 Å². The topological polar surface area (TPSA) is 79.0 Å². The lowest BCUT2D eigenvalue weighted by molar-refractivity contribution is -0.117. The average molecular weight is 380 g/mol. The monoisotopic (exact) mass is 379 g/mol. The maximum absolute atomic E-state index is 12.6. The molecule has 0 aromatic heterocycles. The Bertz CT molecular complexity index is 738. The average Bonchev–Trinajstić information content (AvgIpc) is 2.73. The molecule has 1 aromatic carbocycles. The number of rotatable bonds is 8.